The summed E-state index contributed by atoms with van der Waals surface area (Å²) in [6.07, 6.45) is 6.21. The normalized spacial score (nSPS) is 34.2. The minimum absolute atomic E-state index is 0.0133. The lowest BCUT2D eigenvalue weighted by Crippen LogP contribution is -2.64. The van der Waals surface area contributed by atoms with Crippen LogP contribution in [0, 0.1) is 17.8 Å². The van der Waals surface area contributed by atoms with Crippen molar-refractivity contribution in [2.75, 3.05) is 6.54 Å². The standard InChI is InChI=1S/C17H30N2O2/c1-5-13-6-8-14(9-7-13)10-19-15(11(2)3)16(20)18-12(4)17(19)21/h11-15H,5-10H2,1-4H3,(H,18,20). The maximum absolute atomic E-state index is 12.5. The van der Waals surface area contributed by atoms with Crippen molar-refractivity contribution in [3.63, 3.8) is 0 Å². The lowest BCUT2D eigenvalue weighted by atomic mass is 9.80. The molecule has 1 saturated carbocycles. The molecule has 0 radical (unpaired) electrons. The lowest BCUT2D eigenvalue weighted by molar-refractivity contribution is -0.151. The van der Waals surface area contributed by atoms with Crippen LogP contribution < -0.4 is 5.32 Å². The molecule has 2 fully saturated rings. The van der Waals surface area contributed by atoms with Crippen LogP contribution in [0.1, 0.15) is 59.8 Å². The van der Waals surface area contributed by atoms with Crippen molar-refractivity contribution in [3.05, 3.63) is 0 Å². The molecule has 0 bridgehead atoms. The van der Waals surface area contributed by atoms with Crippen molar-refractivity contribution in [1.29, 1.82) is 0 Å². The van der Waals surface area contributed by atoms with Crippen LogP contribution in [-0.2, 0) is 9.59 Å². The molecule has 4 nitrogen and oxygen atoms in total. The molecule has 0 spiro atoms. The van der Waals surface area contributed by atoms with Gasteiger partial charge in [-0.05, 0) is 37.5 Å². The molecule has 1 heterocycles. The third-order valence-electron chi connectivity index (χ3n) is 5.25. The lowest BCUT2D eigenvalue weighted by Gasteiger charge is -2.42. The van der Waals surface area contributed by atoms with Gasteiger partial charge in [0.1, 0.15) is 12.1 Å². The summed E-state index contributed by atoms with van der Waals surface area (Å²) in [6.45, 7) is 8.86. The van der Waals surface area contributed by atoms with Crippen molar-refractivity contribution in [2.45, 2.75) is 71.9 Å². The summed E-state index contributed by atoms with van der Waals surface area (Å²) in [5.74, 6) is 1.69. The SMILES string of the molecule is CCC1CCC(CN2C(=O)C(C)NC(=O)C2C(C)C)CC1. The molecule has 2 rings (SSSR count). The third kappa shape index (κ3) is 3.58. The number of nitrogens with zero attached hydrogens (tertiary/aromatic N) is 1. The molecular weight excluding hydrogens is 264 g/mol. The highest BCUT2D eigenvalue weighted by atomic mass is 16.2. The third-order valence-corrected chi connectivity index (χ3v) is 5.25. The van der Waals surface area contributed by atoms with Crippen LogP contribution in [0.15, 0.2) is 0 Å². The van der Waals surface area contributed by atoms with Gasteiger partial charge in [-0.15, -0.1) is 0 Å². The highest BCUT2D eigenvalue weighted by Gasteiger charge is 2.41. The van der Waals surface area contributed by atoms with E-state index in [4.69, 9.17) is 0 Å². The minimum Gasteiger partial charge on any atom is -0.343 e. The maximum atomic E-state index is 12.5. The highest BCUT2D eigenvalue weighted by molar-refractivity contribution is 5.96. The van der Waals surface area contributed by atoms with Gasteiger partial charge in [-0.3, -0.25) is 9.59 Å². The monoisotopic (exact) mass is 294 g/mol. The number of carbonyl (C=O) groups excluding carboxylic acids is 2. The summed E-state index contributed by atoms with van der Waals surface area (Å²) < 4.78 is 0. The first-order chi connectivity index (χ1) is 9.93. The van der Waals surface area contributed by atoms with Crippen molar-refractivity contribution in [3.8, 4) is 0 Å². The Morgan fingerprint density at radius 2 is 1.71 bits per heavy atom. The first-order valence-electron chi connectivity index (χ1n) is 8.54. The molecule has 2 aliphatic rings. The first-order valence-corrected chi connectivity index (χ1v) is 8.54. The van der Waals surface area contributed by atoms with Crippen LogP contribution in [0.4, 0.5) is 0 Å². The highest BCUT2D eigenvalue weighted by Crippen LogP contribution is 2.32. The zero-order valence-corrected chi connectivity index (χ0v) is 13.9. The number of piperazine rings is 1. The predicted octanol–water partition coefficient (Wildman–Crippen LogP) is 2.57. The predicted molar refractivity (Wildman–Crippen MR) is 83.7 cm³/mol. The van der Waals surface area contributed by atoms with E-state index in [1.165, 1.54) is 32.1 Å². The summed E-state index contributed by atoms with van der Waals surface area (Å²) in [6, 6.07) is -0.669. The number of hydrogen-bond donors (Lipinski definition) is 1. The number of carbonyl (C=O) groups is 2. The van der Waals surface area contributed by atoms with E-state index >= 15 is 0 Å². The Balaban J connectivity index is 2.04. The molecule has 2 unspecified atom stereocenters. The van der Waals surface area contributed by atoms with Gasteiger partial charge in [0.05, 0.1) is 0 Å². The van der Waals surface area contributed by atoms with Gasteiger partial charge in [0.15, 0.2) is 0 Å². The molecule has 1 aliphatic heterocycles. The van der Waals surface area contributed by atoms with E-state index in [2.05, 4.69) is 12.2 Å². The van der Waals surface area contributed by atoms with Gasteiger partial charge in [0, 0.05) is 6.54 Å². The first kappa shape index (κ1) is 16.3. The smallest absolute Gasteiger partial charge is 0.245 e. The maximum Gasteiger partial charge on any atom is 0.245 e. The summed E-state index contributed by atoms with van der Waals surface area (Å²) in [5, 5.41) is 2.81. The summed E-state index contributed by atoms with van der Waals surface area (Å²) in [4.78, 5) is 26.6. The number of hydrogen-bond acceptors (Lipinski definition) is 2. The van der Waals surface area contributed by atoms with Gasteiger partial charge in [-0.1, -0.05) is 40.0 Å². The second-order valence-electron chi connectivity index (χ2n) is 7.20. The second-order valence-corrected chi connectivity index (χ2v) is 7.20. The fourth-order valence-electron chi connectivity index (χ4n) is 3.85. The summed E-state index contributed by atoms with van der Waals surface area (Å²) >= 11 is 0. The zero-order valence-electron chi connectivity index (χ0n) is 13.9. The van der Waals surface area contributed by atoms with Crippen molar-refractivity contribution in [2.24, 2.45) is 17.8 Å². The topological polar surface area (TPSA) is 49.4 Å². The van der Waals surface area contributed by atoms with Gasteiger partial charge in [0.25, 0.3) is 0 Å². The van der Waals surface area contributed by atoms with Crippen LogP contribution in [-0.4, -0.2) is 35.3 Å². The Morgan fingerprint density at radius 3 is 2.24 bits per heavy atom. The Hall–Kier alpha value is -1.06. The van der Waals surface area contributed by atoms with Crippen molar-refractivity contribution in [1.82, 2.24) is 10.2 Å². The zero-order chi connectivity index (χ0) is 15.6. The molecule has 0 aromatic heterocycles. The molecule has 2 amide bonds. The van der Waals surface area contributed by atoms with Crippen molar-refractivity contribution < 1.29 is 9.59 Å². The van der Waals surface area contributed by atoms with Crippen LogP contribution in [0.25, 0.3) is 0 Å². The molecule has 120 valence electrons. The van der Waals surface area contributed by atoms with Gasteiger partial charge < -0.3 is 10.2 Å². The number of amides is 2. The van der Waals surface area contributed by atoms with Crippen LogP contribution in [0.3, 0.4) is 0 Å². The van der Waals surface area contributed by atoms with E-state index in [-0.39, 0.29) is 29.8 Å². The Bertz CT molecular complexity index is 386. The van der Waals surface area contributed by atoms with E-state index in [0.717, 1.165) is 12.5 Å². The van der Waals surface area contributed by atoms with Gasteiger partial charge in [-0.2, -0.15) is 0 Å². The van der Waals surface area contributed by atoms with Crippen LogP contribution >= 0.6 is 0 Å². The van der Waals surface area contributed by atoms with E-state index in [1.54, 1.807) is 6.92 Å². The van der Waals surface area contributed by atoms with Crippen LogP contribution in [0.2, 0.25) is 0 Å². The van der Waals surface area contributed by atoms with Gasteiger partial charge >= 0.3 is 0 Å². The number of rotatable bonds is 4. The molecule has 1 aliphatic carbocycles. The minimum atomic E-state index is -0.375. The molecular formula is C17H30N2O2. The summed E-state index contributed by atoms with van der Waals surface area (Å²) in [5.41, 5.74) is 0. The quantitative estimate of drug-likeness (QED) is 0.866. The second kappa shape index (κ2) is 6.80. The van der Waals surface area contributed by atoms with Gasteiger partial charge in [-0.25, -0.2) is 0 Å². The average molecular weight is 294 g/mol. The van der Waals surface area contributed by atoms with E-state index in [0.29, 0.717) is 5.92 Å². The van der Waals surface area contributed by atoms with E-state index in [9.17, 15) is 9.59 Å². The molecule has 21 heavy (non-hydrogen) atoms. The number of nitrogens with one attached hydrogen (secondary N) is 1. The Morgan fingerprint density at radius 1 is 1.14 bits per heavy atom. The Labute approximate surface area is 128 Å². The summed E-state index contributed by atoms with van der Waals surface area (Å²) in [7, 11) is 0. The average Bonchev–Trinajstić information content (AvgIpc) is 2.44. The van der Waals surface area contributed by atoms with E-state index in [1.807, 2.05) is 18.7 Å². The molecule has 1 N–H and O–H groups in total. The molecule has 2 atom stereocenters. The molecule has 4 heteroatoms. The fourth-order valence-corrected chi connectivity index (χ4v) is 3.85. The van der Waals surface area contributed by atoms with Crippen LogP contribution in [0.5, 0.6) is 0 Å². The van der Waals surface area contributed by atoms with Gasteiger partial charge in [0.2, 0.25) is 11.8 Å². The van der Waals surface area contributed by atoms with Crippen molar-refractivity contribution >= 4 is 11.8 Å². The largest absolute Gasteiger partial charge is 0.343 e. The molecule has 0 aromatic rings. The van der Waals surface area contributed by atoms with E-state index < -0.39 is 0 Å². The fraction of sp³-hybridized carbons (Fsp3) is 0.882. The molecule has 1 saturated heterocycles. The molecule has 0 aromatic carbocycles. The Kier molecular flexibility index (Phi) is 5.28.